The van der Waals surface area contributed by atoms with Crippen molar-refractivity contribution in [1.29, 1.82) is 0 Å². The number of esters is 1. The Bertz CT molecular complexity index is 543. The van der Waals surface area contributed by atoms with Gasteiger partial charge in [-0.25, -0.2) is 0 Å². The lowest BCUT2D eigenvalue weighted by molar-refractivity contribution is -0.140. The summed E-state index contributed by atoms with van der Waals surface area (Å²) in [4.78, 5) is 11.2. The first-order valence-corrected chi connectivity index (χ1v) is 6.13. The van der Waals surface area contributed by atoms with Gasteiger partial charge in [-0.1, -0.05) is 11.6 Å². The van der Waals surface area contributed by atoms with Gasteiger partial charge in [0.2, 0.25) is 0 Å². The largest absolute Gasteiger partial charge is 0.465 e. The number of ether oxygens (including phenoxy) is 1. The van der Waals surface area contributed by atoms with Gasteiger partial charge in [-0.15, -0.1) is 0 Å². The van der Waals surface area contributed by atoms with Crippen LogP contribution in [0.5, 0.6) is 0 Å². The summed E-state index contributed by atoms with van der Waals surface area (Å²) in [6.07, 6.45) is 0. The van der Waals surface area contributed by atoms with Crippen LogP contribution >= 0.6 is 23.3 Å². The van der Waals surface area contributed by atoms with Crippen molar-refractivity contribution in [2.45, 2.75) is 6.92 Å². The van der Waals surface area contributed by atoms with Crippen molar-refractivity contribution in [2.75, 3.05) is 18.5 Å². The van der Waals surface area contributed by atoms with Crippen LogP contribution in [0.2, 0.25) is 5.02 Å². The van der Waals surface area contributed by atoms with Crippen molar-refractivity contribution in [1.82, 2.24) is 8.75 Å². The Morgan fingerprint density at radius 3 is 3.12 bits per heavy atom. The number of hydrogen-bond acceptors (Lipinski definition) is 6. The normalized spacial score (nSPS) is 10.5. The molecule has 7 heteroatoms. The summed E-state index contributed by atoms with van der Waals surface area (Å²) in [7, 11) is 0. The number of carbonyl (C=O) groups is 1. The SMILES string of the molecule is CCOC(=O)CNc1c(Cl)ccc2nsnc12. The summed E-state index contributed by atoms with van der Waals surface area (Å²) in [6, 6.07) is 3.51. The van der Waals surface area contributed by atoms with Crippen molar-refractivity contribution in [3.8, 4) is 0 Å². The zero-order valence-electron chi connectivity index (χ0n) is 9.07. The highest BCUT2D eigenvalue weighted by Gasteiger charge is 2.11. The van der Waals surface area contributed by atoms with Gasteiger partial charge in [0.1, 0.15) is 17.6 Å². The van der Waals surface area contributed by atoms with Crippen LogP contribution in [0.25, 0.3) is 11.0 Å². The number of carbonyl (C=O) groups excluding carboxylic acids is 1. The predicted octanol–water partition coefficient (Wildman–Crippen LogP) is 2.32. The molecule has 0 atom stereocenters. The molecule has 0 fully saturated rings. The molecular formula is C10H10ClN3O2S. The molecule has 0 unspecified atom stereocenters. The molecule has 0 aliphatic rings. The van der Waals surface area contributed by atoms with E-state index in [0.717, 1.165) is 17.2 Å². The standard InChI is InChI=1S/C10H10ClN3O2S/c1-2-16-8(15)5-12-9-6(11)3-4-7-10(9)14-17-13-7/h3-4,12H,2,5H2,1H3. The Kier molecular flexibility index (Phi) is 3.75. The summed E-state index contributed by atoms with van der Waals surface area (Å²) in [5.41, 5.74) is 2.04. The van der Waals surface area contributed by atoms with Crippen molar-refractivity contribution < 1.29 is 9.53 Å². The van der Waals surface area contributed by atoms with Crippen LogP contribution in [-0.4, -0.2) is 27.9 Å². The lowest BCUT2D eigenvalue weighted by Gasteiger charge is -2.07. The maximum atomic E-state index is 11.2. The van der Waals surface area contributed by atoms with Crippen LogP contribution < -0.4 is 5.32 Å². The second-order valence-electron chi connectivity index (χ2n) is 3.21. The van der Waals surface area contributed by atoms with Gasteiger partial charge in [0.15, 0.2) is 0 Å². The molecule has 2 aromatic rings. The van der Waals surface area contributed by atoms with E-state index in [1.807, 2.05) is 0 Å². The van der Waals surface area contributed by atoms with E-state index in [9.17, 15) is 4.79 Å². The summed E-state index contributed by atoms with van der Waals surface area (Å²) < 4.78 is 13.1. The van der Waals surface area contributed by atoms with Crippen LogP contribution in [0.1, 0.15) is 6.92 Å². The third kappa shape index (κ3) is 2.65. The van der Waals surface area contributed by atoms with Crippen LogP contribution in [0.4, 0.5) is 5.69 Å². The lowest BCUT2D eigenvalue weighted by Crippen LogP contribution is -2.17. The third-order valence-corrected chi connectivity index (χ3v) is 2.95. The summed E-state index contributed by atoms with van der Waals surface area (Å²) in [5, 5.41) is 3.43. The molecule has 1 N–H and O–H groups in total. The van der Waals surface area contributed by atoms with E-state index in [-0.39, 0.29) is 12.5 Å². The van der Waals surface area contributed by atoms with E-state index in [1.54, 1.807) is 19.1 Å². The van der Waals surface area contributed by atoms with Gasteiger partial charge in [-0.3, -0.25) is 4.79 Å². The van der Waals surface area contributed by atoms with E-state index in [2.05, 4.69) is 14.1 Å². The fraction of sp³-hybridized carbons (Fsp3) is 0.300. The van der Waals surface area contributed by atoms with Crippen molar-refractivity contribution in [3.05, 3.63) is 17.2 Å². The fourth-order valence-corrected chi connectivity index (χ4v) is 2.13. The predicted molar refractivity (Wildman–Crippen MR) is 67.5 cm³/mol. The maximum absolute atomic E-state index is 11.2. The molecule has 0 saturated carbocycles. The number of fused-ring (bicyclic) bond motifs is 1. The number of rotatable bonds is 4. The molecule has 5 nitrogen and oxygen atoms in total. The number of anilines is 1. The Morgan fingerprint density at radius 2 is 2.35 bits per heavy atom. The molecule has 90 valence electrons. The quantitative estimate of drug-likeness (QED) is 0.865. The highest BCUT2D eigenvalue weighted by molar-refractivity contribution is 7.00. The summed E-state index contributed by atoms with van der Waals surface area (Å²) in [5.74, 6) is -0.330. The van der Waals surface area contributed by atoms with E-state index >= 15 is 0 Å². The molecule has 1 aromatic heterocycles. The molecular weight excluding hydrogens is 262 g/mol. The molecule has 0 aliphatic heterocycles. The summed E-state index contributed by atoms with van der Waals surface area (Å²) in [6.45, 7) is 2.18. The average molecular weight is 272 g/mol. The Morgan fingerprint density at radius 1 is 1.53 bits per heavy atom. The highest BCUT2D eigenvalue weighted by Crippen LogP contribution is 2.29. The van der Waals surface area contributed by atoms with Gasteiger partial charge >= 0.3 is 5.97 Å². The summed E-state index contributed by atoms with van der Waals surface area (Å²) >= 11 is 7.15. The van der Waals surface area contributed by atoms with Crippen molar-refractivity contribution in [2.24, 2.45) is 0 Å². The fourth-order valence-electron chi connectivity index (χ4n) is 1.37. The second-order valence-corrected chi connectivity index (χ2v) is 4.15. The number of nitrogens with zero attached hydrogens (tertiary/aromatic N) is 2. The Balaban J connectivity index is 2.19. The van der Waals surface area contributed by atoms with Crippen molar-refractivity contribution in [3.63, 3.8) is 0 Å². The number of hydrogen-bond donors (Lipinski definition) is 1. The van der Waals surface area contributed by atoms with Gasteiger partial charge in [0, 0.05) is 0 Å². The molecule has 0 amide bonds. The number of benzene rings is 1. The van der Waals surface area contributed by atoms with Gasteiger partial charge in [-0.2, -0.15) is 8.75 Å². The maximum Gasteiger partial charge on any atom is 0.325 e. The van der Waals surface area contributed by atoms with Gasteiger partial charge in [0.25, 0.3) is 0 Å². The average Bonchev–Trinajstić information content (AvgIpc) is 2.76. The smallest absolute Gasteiger partial charge is 0.325 e. The van der Waals surface area contributed by atoms with E-state index in [0.29, 0.717) is 22.8 Å². The van der Waals surface area contributed by atoms with Crippen molar-refractivity contribution >= 4 is 46.0 Å². The van der Waals surface area contributed by atoms with Gasteiger partial charge in [-0.05, 0) is 19.1 Å². The number of halogens is 1. The van der Waals surface area contributed by atoms with E-state index in [1.165, 1.54) is 0 Å². The number of nitrogens with one attached hydrogen (secondary N) is 1. The topological polar surface area (TPSA) is 64.1 Å². The zero-order chi connectivity index (χ0) is 12.3. The molecule has 0 bridgehead atoms. The minimum Gasteiger partial charge on any atom is -0.465 e. The zero-order valence-corrected chi connectivity index (χ0v) is 10.6. The Labute approximate surface area is 107 Å². The van der Waals surface area contributed by atoms with Crippen LogP contribution in [0.15, 0.2) is 12.1 Å². The minimum atomic E-state index is -0.330. The molecule has 2 rings (SSSR count). The molecule has 1 heterocycles. The lowest BCUT2D eigenvalue weighted by atomic mass is 10.2. The highest BCUT2D eigenvalue weighted by atomic mass is 35.5. The van der Waals surface area contributed by atoms with Crippen LogP contribution in [0.3, 0.4) is 0 Å². The molecule has 1 aromatic carbocycles. The molecule has 0 spiro atoms. The van der Waals surface area contributed by atoms with E-state index < -0.39 is 0 Å². The van der Waals surface area contributed by atoms with Gasteiger partial charge in [0.05, 0.1) is 29.0 Å². The number of aromatic nitrogens is 2. The van der Waals surface area contributed by atoms with Crippen LogP contribution in [0, 0.1) is 0 Å². The minimum absolute atomic E-state index is 0.0597. The second kappa shape index (κ2) is 5.29. The first kappa shape index (κ1) is 12.1. The van der Waals surface area contributed by atoms with Gasteiger partial charge < -0.3 is 10.1 Å². The van der Waals surface area contributed by atoms with Crippen LogP contribution in [-0.2, 0) is 9.53 Å². The molecule has 17 heavy (non-hydrogen) atoms. The first-order valence-electron chi connectivity index (χ1n) is 5.02. The first-order chi connectivity index (χ1) is 8.22. The molecule has 0 radical (unpaired) electrons. The third-order valence-electron chi connectivity index (χ3n) is 2.09. The molecule has 0 aliphatic carbocycles. The Hall–Kier alpha value is -1.40. The van der Waals surface area contributed by atoms with E-state index in [4.69, 9.17) is 16.3 Å². The molecule has 0 saturated heterocycles. The monoisotopic (exact) mass is 271 g/mol.